The molecule has 10 nitrogen and oxygen atoms in total. The fourth-order valence-corrected chi connectivity index (χ4v) is 3.58. The van der Waals surface area contributed by atoms with Crippen molar-refractivity contribution in [2.45, 2.75) is 6.18 Å². The summed E-state index contributed by atoms with van der Waals surface area (Å²) in [5.41, 5.74) is -3.30. The molecule has 0 heterocycles. The highest BCUT2D eigenvalue weighted by Crippen LogP contribution is 2.42. The molecule has 0 aliphatic heterocycles. The molecular weight excluding hydrogens is 556 g/mol. The van der Waals surface area contributed by atoms with E-state index in [9.17, 15) is 43.5 Å². The Morgan fingerprint density at radius 1 is 1.05 bits per heavy atom. The van der Waals surface area contributed by atoms with Crippen molar-refractivity contribution in [2.24, 2.45) is 0 Å². The van der Waals surface area contributed by atoms with Crippen LogP contribution in [0.1, 0.15) is 11.1 Å². The van der Waals surface area contributed by atoms with Gasteiger partial charge >= 0.3 is 11.9 Å². The first kappa shape index (κ1) is 27.9. The summed E-state index contributed by atoms with van der Waals surface area (Å²) in [6.07, 6.45) is -3.89. The number of ether oxygens (including phenoxy) is 1. The van der Waals surface area contributed by atoms with Crippen LogP contribution in [0.2, 0.25) is 10.0 Å². The Labute approximate surface area is 220 Å². The van der Waals surface area contributed by atoms with E-state index in [-0.39, 0.29) is 38.8 Å². The van der Waals surface area contributed by atoms with E-state index in [1.54, 1.807) is 6.07 Å². The molecule has 38 heavy (non-hydrogen) atoms. The average Bonchev–Trinajstić information content (AvgIpc) is 2.83. The van der Waals surface area contributed by atoms with Gasteiger partial charge in [-0.05, 0) is 36.4 Å². The van der Waals surface area contributed by atoms with Gasteiger partial charge in [-0.25, -0.2) is 0 Å². The zero-order valence-corrected chi connectivity index (χ0v) is 20.0. The number of alkyl halides is 3. The molecule has 0 unspecified atom stereocenters. The van der Waals surface area contributed by atoms with Crippen LogP contribution in [-0.2, 0) is 11.0 Å². The number of hydrogen-bond acceptors (Lipinski definition) is 7. The molecule has 0 saturated carbocycles. The van der Waals surface area contributed by atoms with Gasteiger partial charge in [-0.1, -0.05) is 29.3 Å². The van der Waals surface area contributed by atoms with Crippen molar-refractivity contribution in [3.8, 4) is 17.6 Å². The highest BCUT2D eigenvalue weighted by Gasteiger charge is 2.33. The van der Waals surface area contributed by atoms with E-state index >= 15 is 0 Å². The van der Waals surface area contributed by atoms with E-state index in [1.807, 2.05) is 0 Å². The highest BCUT2D eigenvalue weighted by atomic mass is 35.5. The number of amides is 1. The summed E-state index contributed by atoms with van der Waals surface area (Å²) >= 11 is 12.2. The third-order valence-electron chi connectivity index (χ3n) is 4.71. The van der Waals surface area contributed by atoms with Crippen molar-refractivity contribution in [3.05, 3.63) is 102 Å². The molecule has 1 N–H and O–H groups in total. The van der Waals surface area contributed by atoms with E-state index in [0.717, 1.165) is 18.2 Å². The second kappa shape index (κ2) is 11.2. The zero-order valence-electron chi connectivity index (χ0n) is 18.5. The molecule has 0 spiro atoms. The van der Waals surface area contributed by atoms with Gasteiger partial charge in [-0.3, -0.25) is 25.0 Å². The van der Waals surface area contributed by atoms with E-state index < -0.39 is 44.5 Å². The Morgan fingerprint density at radius 3 is 2.37 bits per heavy atom. The summed E-state index contributed by atoms with van der Waals surface area (Å²) < 4.78 is 44.6. The minimum absolute atomic E-state index is 0.00586. The number of non-ortho nitro benzene ring substituents is 1. The molecule has 15 heteroatoms. The summed E-state index contributed by atoms with van der Waals surface area (Å²) in [4.78, 5) is 33.3. The summed E-state index contributed by atoms with van der Waals surface area (Å²) in [6, 6.07) is 10.5. The van der Waals surface area contributed by atoms with Crippen LogP contribution in [0, 0.1) is 31.6 Å². The lowest BCUT2D eigenvalue weighted by atomic mass is 10.1. The van der Waals surface area contributed by atoms with E-state index in [4.69, 9.17) is 27.9 Å². The Morgan fingerprint density at radius 2 is 1.76 bits per heavy atom. The molecule has 0 aliphatic rings. The van der Waals surface area contributed by atoms with Crippen LogP contribution < -0.4 is 10.1 Å². The summed E-state index contributed by atoms with van der Waals surface area (Å²) in [6.45, 7) is 0. The predicted octanol–water partition coefficient (Wildman–Crippen LogP) is 7.17. The number of nitrogens with zero attached hydrogens (tertiary/aromatic N) is 3. The van der Waals surface area contributed by atoms with E-state index in [1.165, 1.54) is 30.3 Å². The fraction of sp³-hybridized carbons (Fsp3) is 0.0435. The van der Waals surface area contributed by atoms with Gasteiger partial charge in [0.1, 0.15) is 11.6 Å². The van der Waals surface area contributed by atoms with Gasteiger partial charge in [0.05, 0.1) is 20.4 Å². The van der Waals surface area contributed by atoms with Gasteiger partial charge in [0.25, 0.3) is 11.6 Å². The number of halogens is 5. The molecule has 1 amide bonds. The number of nitro benzene ring substituents is 2. The standard InChI is InChI=1S/C23H11Cl2F3N4O6/c24-15-7-12(6-13(11-29)22(33)30-16-2-1-3-17(10-16)31(34)35)21(18(25)9-15)38-20-5-4-14(23(26,27)28)8-19(20)32(36)37/h1-10H,(H,30,33)/b13-6+. The first-order valence-corrected chi connectivity index (χ1v) is 10.8. The van der Waals surface area contributed by atoms with Gasteiger partial charge in [0.15, 0.2) is 5.75 Å². The first-order valence-electron chi connectivity index (χ1n) is 10.00. The van der Waals surface area contributed by atoms with Gasteiger partial charge in [-0.2, -0.15) is 18.4 Å². The average molecular weight is 567 g/mol. The normalized spacial score (nSPS) is 11.4. The second-order valence-corrected chi connectivity index (χ2v) is 8.12. The molecule has 0 aliphatic carbocycles. The summed E-state index contributed by atoms with van der Waals surface area (Å²) in [5.74, 6) is -1.95. The third-order valence-corrected chi connectivity index (χ3v) is 5.21. The van der Waals surface area contributed by atoms with Crippen LogP contribution in [0.3, 0.4) is 0 Å². The molecule has 0 atom stereocenters. The predicted molar refractivity (Wildman–Crippen MR) is 130 cm³/mol. The number of benzene rings is 3. The van der Waals surface area contributed by atoms with Crippen LogP contribution in [0.15, 0.2) is 60.2 Å². The number of carbonyl (C=O) groups excluding carboxylic acids is 1. The summed E-state index contributed by atoms with van der Waals surface area (Å²) in [5, 5.41) is 34.0. The maximum absolute atomic E-state index is 13.0. The highest BCUT2D eigenvalue weighted by molar-refractivity contribution is 6.36. The Hall–Kier alpha value is -4.67. The SMILES string of the molecule is N#C/C(=C\c1cc(Cl)cc(Cl)c1Oc1ccc(C(F)(F)F)cc1[N+](=O)[O-])C(=O)Nc1cccc([N+](=O)[O-])c1. The van der Waals surface area contributed by atoms with Crippen molar-refractivity contribution >= 4 is 52.2 Å². The van der Waals surface area contributed by atoms with Gasteiger partial charge in [0, 0.05) is 34.5 Å². The third kappa shape index (κ3) is 6.55. The quantitative estimate of drug-likeness (QED) is 0.138. The number of hydrogen-bond donors (Lipinski definition) is 1. The lowest BCUT2D eigenvalue weighted by Gasteiger charge is -2.13. The lowest BCUT2D eigenvalue weighted by Crippen LogP contribution is -2.13. The van der Waals surface area contributed by atoms with Crippen molar-refractivity contribution in [1.29, 1.82) is 5.26 Å². The number of nitro groups is 2. The zero-order chi connectivity index (χ0) is 28.2. The number of anilines is 1. The van der Waals surface area contributed by atoms with Crippen molar-refractivity contribution in [1.82, 2.24) is 0 Å². The minimum Gasteiger partial charge on any atom is -0.448 e. The second-order valence-electron chi connectivity index (χ2n) is 7.28. The van der Waals surface area contributed by atoms with Crippen LogP contribution >= 0.6 is 23.2 Å². The molecule has 0 aromatic heterocycles. The van der Waals surface area contributed by atoms with Crippen LogP contribution in [0.25, 0.3) is 6.08 Å². The molecule has 0 saturated heterocycles. The molecule has 0 bridgehead atoms. The topological polar surface area (TPSA) is 148 Å². The Bertz CT molecular complexity index is 1540. The van der Waals surface area contributed by atoms with Crippen molar-refractivity contribution in [3.63, 3.8) is 0 Å². The van der Waals surface area contributed by atoms with Crippen molar-refractivity contribution in [2.75, 3.05) is 5.32 Å². The minimum atomic E-state index is -4.86. The number of nitriles is 1. The Kier molecular flexibility index (Phi) is 8.20. The lowest BCUT2D eigenvalue weighted by molar-refractivity contribution is -0.385. The smallest absolute Gasteiger partial charge is 0.416 e. The number of nitrogens with one attached hydrogen (secondary N) is 1. The van der Waals surface area contributed by atoms with Crippen molar-refractivity contribution < 1.29 is 32.5 Å². The molecule has 3 rings (SSSR count). The largest absolute Gasteiger partial charge is 0.448 e. The fourth-order valence-electron chi connectivity index (χ4n) is 3.03. The molecule has 0 radical (unpaired) electrons. The molecule has 194 valence electrons. The molecule has 3 aromatic carbocycles. The van der Waals surface area contributed by atoms with Crippen LogP contribution in [-0.4, -0.2) is 15.8 Å². The van der Waals surface area contributed by atoms with E-state index in [2.05, 4.69) is 5.32 Å². The number of rotatable bonds is 7. The van der Waals surface area contributed by atoms with Gasteiger partial charge in [0.2, 0.25) is 5.75 Å². The first-order chi connectivity index (χ1) is 17.8. The maximum atomic E-state index is 13.0. The number of carbonyl (C=O) groups is 1. The Balaban J connectivity index is 2.03. The molecule has 3 aromatic rings. The van der Waals surface area contributed by atoms with E-state index in [0.29, 0.717) is 6.07 Å². The maximum Gasteiger partial charge on any atom is 0.416 e. The summed E-state index contributed by atoms with van der Waals surface area (Å²) in [7, 11) is 0. The van der Waals surface area contributed by atoms with Crippen LogP contribution in [0.4, 0.5) is 30.2 Å². The molecule has 0 fully saturated rings. The van der Waals surface area contributed by atoms with Crippen LogP contribution in [0.5, 0.6) is 11.5 Å². The van der Waals surface area contributed by atoms with Gasteiger partial charge < -0.3 is 10.1 Å². The molecular formula is C23H11Cl2F3N4O6. The van der Waals surface area contributed by atoms with Gasteiger partial charge in [-0.15, -0.1) is 0 Å². The monoisotopic (exact) mass is 566 g/mol.